The molecule has 0 fully saturated rings. The minimum absolute atomic E-state index is 0.0102. The van der Waals surface area contributed by atoms with E-state index in [1.165, 1.54) is 36.5 Å². The van der Waals surface area contributed by atoms with Crippen molar-refractivity contribution in [1.29, 1.82) is 5.26 Å². The Balaban J connectivity index is 1.54. The highest BCUT2D eigenvalue weighted by Gasteiger charge is 2.17. The Hall–Kier alpha value is -4.47. The van der Waals surface area contributed by atoms with Crippen molar-refractivity contribution in [2.24, 2.45) is 5.73 Å². The van der Waals surface area contributed by atoms with E-state index in [1.807, 2.05) is 18.2 Å². The number of sulfonamides is 1. The smallest absolute Gasteiger partial charge is 0.266 e. The Morgan fingerprint density at radius 2 is 1.91 bits per heavy atom. The van der Waals surface area contributed by atoms with E-state index >= 15 is 0 Å². The number of rotatable bonds is 8. The Bertz CT molecular complexity index is 1580. The van der Waals surface area contributed by atoms with Gasteiger partial charge in [-0.15, -0.1) is 11.3 Å². The van der Waals surface area contributed by atoms with E-state index in [4.69, 9.17) is 5.73 Å². The molecule has 2 aromatic carbocycles. The molecule has 2 aromatic heterocycles. The standard InChI is InChI=1S/C23H18N6O4S2/c24-12-15(11-16-13-29(14-21(25)30)20-4-2-1-3-19(16)20)22(31)27-17-5-7-18(8-6-17)35(32,33)28-23-26-9-10-34-23/h1-11,13H,14H2,(H2,25,30)(H,26,28)(H,27,31)/b15-11+. The van der Waals surface area contributed by atoms with Gasteiger partial charge >= 0.3 is 0 Å². The van der Waals surface area contributed by atoms with Crippen LogP contribution < -0.4 is 15.8 Å². The third-order valence-electron chi connectivity index (χ3n) is 4.89. The molecular formula is C23H18N6O4S2. The minimum atomic E-state index is -3.83. The molecule has 0 saturated carbocycles. The van der Waals surface area contributed by atoms with Gasteiger partial charge in [0.15, 0.2) is 5.13 Å². The normalized spacial score (nSPS) is 11.7. The second-order valence-electron chi connectivity index (χ2n) is 7.29. The van der Waals surface area contributed by atoms with Gasteiger partial charge in [-0.1, -0.05) is 18.2 Å². The predicted octanol–water partition coefficient (Wildman–Crippen LogP) is 2.93. The number of fused-ring (bicyclic) bond motifs is 1. The van der Waals surface area contributed by atoms with E-state index in [9.17, 15) is 23.3 Å². The quantitative estimate of drug-likeness (QED) is 0.246. The number of amides is 2. The number of nitrogens with zero attached hydrogens (tertiary/aromatic N) is 3. The van der Waals surface area contributed by atoms with Gasteiger partial charge in [-0.3, -0.25) is 14.3 Å². The van der Waals surface area contributed by atoms with Crippen LogP contribution in [0.2, 0.25) is 0 Å². The van der Waals surface area contributed by atoms with Crippen molar-refractivity contribution >= 4 is 61.0 Å². The summed E-state index contributed by atoms with van der Waals surface area (Å²) in [7, 11) is -3.83. The molecule has 10 nitrogen and oxygen atoms in total. The lowest BCUT2D eigenvalue weighted by Crippen LogP contribution is -2.17. The van der Waals surface area contributed by atoms with Crippen molar-refractivity contribution in [3.05, 3.63) is 77.4 Å². The molecule has 0 saturated heterocycles. The van der Waals surface area contributed by atoms with Crippen LogP contribution in [0, 0.1) is 11.3 Å². The van der Waals surface area contributed by atoms with E-state index in [2.05, 4.69) is 15.0 Å². The van der Waals surface area contributed by atoms with E-state index in [1.54, 1.807) is 28.3 Å². The molecule has 2 heterocycles. The fraction of sp³-hybridized carbons (Fsp3) is 0.0435. The molecule has 0 aliphatic heterocycles. The molecule has 35 heavy (non-hydrogen) atoms. The van der Waals surface area contributed by atoms with E-state index in [-0.39, 0.29) is 22.1 Å². The highest BCUT2D eigenvalue weighted by Crippen LogP contribution is 2.24. The summed E-state index contributed by atoms with van der Waals surface area (Å²) >= 11 is 1.15. The predicted molar refractivity (Wildman–Crippen MR) is 133 cm³/mol. The summed E-state index contributed by atoms with van der Waals surface area (Å²) in [6.45, 7) is -0.0465. The number of benzene rings is 2. The first-order chi connectivity index (χ1) is 16.8. The molecule has 0 atom stereocenters. The lowest BCUT2D eigenvalue weighted by Gasteiger charge is -2.07. The third-order valence-corrected chi connectivity index (χ3v) is 7.06. The largest absolute Gasteiger partial charge is 0.368 e. The lowest BCUT2D eigenvalue weighted by atomic mass is 10.1. The molecule has 4 rings (SSSR count). The second kappa shape index (κ2) is 9.80. The van der Waals surface area contributed by atoms with Crippen molar-refractivity contribution in [2.45, 2.75) is 11.4 Å². The number of thiazole rings is 1. The summed E-state index contributed by atoms with van der Waals surface area (Å²) < 4.78 is 28.9. The fourth-order valence-electron chi connectivity index (χ4n) is 3.36. The molecule has 4 aromatic rings. The van der Waals surface area contributed by atoms with Crippen LogP contribution in [-0.2, 0) is 26.2 Å². The van der Waals surface area contributed by atoms with Crippen LogP contribution in [0.5, 0.6) is 0 Å². The zero-order valence-corrected chi connectivity index (χ0v) is 19.6. The maximum absolute atomic E-state index is 12.7. The maximum Gasteiger partial charge on any atom is 0.266 e. The van der Waals surface area contributed by atoms with Crippen LogP contribution in [0.15, 0.2) is 76.8 Å². The van der Waals surface area contributed by atoms with Gasteiger partial charge in [0.1, 0.15) is 18.2 Å². The number of carbonyl (C=O) groups excluding carboxylic acids is 2. The molecule has 2 amide bonds. The van der Waals surface area contributed by atoms with Crippen molar-refractivity contribution in [1.82, 2.24) is 9.55 Å². The first-order valence-electron chi connectivity index (χ1n) is 10.1. The van der Waals surface area contributed by atoms with Crippen LogP contribution in [0.1, 0.15) is 5.56 Å². The Morgan fingerprint density at radius 1 is 1.17 bits per heavy atom. The highest BCUT2D eigenvalue weighted by atomic mass is 32.2. The summed E-state index contributed by atoms with van der Waals surface area (Å²) in [5.74, 6) is -1.19. The lowest BCUT2D eigenvalue weighted by molar-refractivity contribution is -0.118. The van der Waals surface area contributed by atoms with Gasteiger partial charge in [0.25, 0.3) is 15.9 Å². The molecular weight excluding hydrogens is 488 g/mol. The highest BCUT2D eigenvalue weighted by molar-refractivity contribution is 7.93. The summed E-state index contributed by atoms with van der Waals surface area (Å²) in [6.07, 6.45) is 4.55. The summed E-state index contributed by atoms with van der Waals surface area (Å²) in [4.78, 5) is 28.0. The zero-order valence-electron chi connectivity index (χ0n) is 18.0. The van der Waals surface area contributed by atoms with Gasteiger partial charge < -0.3 is 15.6 Å². The molecule has 0 spiro atoms. The number of para-hydroxylation sites is 1. The van der Waals surface area contributed by atoms with Gasteiger partial charge in [0, 0.05) is 39.9 Å². The zero-order chi connectivity index (χ0) is 25.0. The van der Waals surface area contributed by atoms with Gasteiger partial charge in [-0.25, -0.2) is 13.4 Å². The first-order valence-corrected chi connectivity index (χ1v) is 12.4. The topological polar surface area (TPSA) is 160 Å². The van der Waals surface area contributed by atoms with Crippen LogP contribution in [0.4, 0.5) is 10.8 Å². The molecule has 0 radical (unpaired) electrons. The van der Waals surface area contributed by atoms with Crippen LogP contribution in [-0.4, -0.2) is 29.8 Å². The fourth-order valence-corrected chi connectivity index (χ4v) is 5.15. The van der Waals surface area contributed by atoms with Crippen molar-refractivity contribution < 1.29 is 18.0 Å². The number of primary amides is 1. The van der Waals surface area contributed by atoms with Gasteiger partial charge in [-0.05, 0) is 36.4 Å². The molecule has 0 aliphatic carbocycles. The van der Waals surface area contributed by atoms with Crippen LogP contribution in [0.3, 0.4) is 0 Å². The average Bonchev–Trinajstić information content (AvgIpc) is 3.45. The Kier molecular flexibility index (Phi) is 6.63. The average molecular weight is 507 g/mol. The second-order valence-corrected chi connectivity index (χ2v) is 9.86. The van der Waals surface area contributed by atoms with Gasteiger partial charge in [0.05, 0.1) is 4.90 Å². The SMILES string of the molecule is N#C/C(=C\c1cn(CC(N)=O)c2ccccc12)C(=O)Nc1ccc(S(=O)(=O)Nc2nccs2)cc1. The number of aromatic nitrogens is 2. The van der Waals surface area contributed by atoms with Crippen molar-refractivity contribution in [2.75, 3.05) is 10.0 Å². The van der Waals surface area contributed by atoms with E-state index in [0.717, 1.165) is 22.2 Å². The van der Waals surface area contributed by atoms with E-state index in [0.29, 0.717) is 11.3 Å². The van der Waals surface area contributed by atoms with Crippen LogP contribution >= 0.6 is 11.3 Å². The maximum atomic E-state index is 12.7. The minimum Gasteiger partial charge on any atom is -0.368 e. The van der Waals surface area contributed by atoms with Crippen molar-refractivity contribution in [3.8, 4) is 6.07 Å². The number of nitrogens with two attached hydrogens (primary N) is 1. The summed E-state index contributed by atoms with van der Waals surface area (Å²) in [5, 5.41) is 14.8. The number of carbonyl (C=O) groups is 2. The molecule has 0 unspecified atom stereocenters. The first kappa shape index (κ1) is 23.7. The Morgan fingerprint density at radius 3 is 2.57 bits per heavy atom. The molecule has 4 N–H and O–H groups in total. The molecule has 0 aliphatic rings. The van der Waals surface area contributed by atoms with E-state index < -0.39 is 21.8 Å². The molecule has 12 heteroatoms. The number of nitriles is 1. The van der Waals surface area contributed by atoms with Gasteiger partial charge in [-0.2, -0.15) is 5.26 Å². The van der Waals surface area contributed by atoms with Crippen molar-refractivity contribution in [3.63, 3.8) is 0 Å². The van der Waals surface area contributed by atoms with Crippen LogP contribution in [0.25, 0.3) is 17.0 Å². The molecule has 176 valence electrons. The number of hydrogen-bond acceptors (Lipinski definition) is 7. The monoisotopic (exact) mass is 506 g/mol. The number of anilines is 2. The molecule has 0 bridgehead atoms. The number of nitrogens with one attached hydrogen (secondary N) is 2. The summed E-state index contributed by atoms with van der Waals surface area (Å²) in [5.41, 5.74) is 6.76. The summed E-state index contributed by atoms with van der Waals surface area (Å²) in [6, 6.07) is 14.6. The Labute approximate surface area is 204 Å². The number of hydrogen-bond donors (Lipinski definition) is 3. The van der Waals surface area contributed by atoms with Gasteiger partial charge in [0.2, 0.25) is 5.91 Å². The third kappa shape index (κ3) is 5.37.